The van der Waals surface area contributed by atoms with Crippen LogP contribution in [0.5, 0.6) is 5.75 Å². The van der Waals surface area contributed by atoms with E-state index in [2.05, 4.69) is 5.32 Å². The predicted molar refractivity (Wildman–Crippen MR) is 74.2 cm³/mol. The fourth-order valence-corrected chi connectivity index (χ4v) is 2.50. The molecule has 6 heteroatoms. The van der Waals surface area contributed by atoms with E-state index in [9.17, 15) is 4.79 Å². The number of carbonyl (C=O) groups is 1. The molecule has 2 N–H and O–H groups in total. The lowest BCUT2D eigenvalue weighted by Gasteiger charge is -2.38. The van der Waals surface area contributed by atoms with Crippen molar-refractivity contribution in [2.75, 3.05) is 13.2 Å². The maximum atomic E-state index is 11.1. The maximum absolute atomic E-state index is 11.1. The van der Waals surface area contributed by atoms with Gasteiger partial charge in [-0.1, -0.05) is 23.2 Å². The number of ether oxygens (including phenoxy) is 1. The van der Waals surface area contributed by atoms with Gasteiger partial charge in [0.25, 0.3) is 0 Å². The van der Waals surface area contributed by atoms with Gasteiger partial charge < -0.3 is 9.84 Å². The molecule has 0 bridgehead atoms. The summed E-state index contributed by atoms with van der Waals surface area (Å²) in [6.07, 6.45) is 2.29. The molecule has 0 radical (unpaired) electrons. The predicted octanol–water partition coefficient (Wildman–Crippen LogP) is 2.97. The van der Waals surface area contributed by atoms with Crippen molar-refractivity contribution in [3.05, 3.63) is 28.2 Å². The van der Waals surface area contributed by atoms with Gasteiger partial charge in [-0.25, -0.2) is 0 Å². The van der Waals surface area contributed by atoms with Crippen molar-refractivity contribution in [1.82, 2.24) is 5.32 Å². The fourth-order valence-electron chi connectivity index (χ4n) is 2.04. The van der Waals surface area contributed by atoms with Gasteiger partial charge in [0.05, 0.1) is 5.02 Å². The molecule has 0 aromatic heterocycles. The van der Waals surface area contributed by atoms with E-state index in [1.54, 1.807) is 18.2 Å². The summed E-state index contributed by atoms with van der Waals surface area (Å²) in [4.78, 5) is 11.1. The van der Waals surface area contributed by atoms with Crippen LogP contribution in [0.15, 0.2) is 18.2 Å². The Bertz CT molecular complexity index is 475. The van der Waals surface area contributed by atoms with Crippen LogP contribution in [-0.4, -0.2) is 29.8 Å². The molecule has 0 atom stereocenters. The van der Waals surface area contributed by atoms with Crippen molar-refractivity contribution in [1.29, 1.82) is 0 Å². The average Bonchev–Trinajstić information content (AvgIpc) is 2.28. The third kappa shape index (κ3) is 3.32. The number of halogens is 2. The van der Waals surface area contributed by atoms with Gasteiger partial charge in [-0.2, -0.15) is 0 Å². The number of nitrogens with one attached hydrogen (secondary N) is 1. The first-order chi connectivity index (χ1) is 9.03. The summed E-state index contributed by atoms with van der Waals surface area (Å²) in [7, 11) is 0. The molecule has 19 heavy (non-hydrogen) atoms. The summed E-state index contributed by atoms with van der Waals surface area (Å²) in [5.74, 6) is -0.242. The number of aliphatic carboxylic acids is 1. The molecule has 2 rings (SSSR count). The first kappa shape index (κ1) is 14.4. The molecule has 0 aliphatic heterocycles. The molecule has 1 aliphatic carbocycles. The van der Waals surface area contributed by atoms with Gasteiger partial charge in [-0.15, -0.1) is 0 Å². The highest BCUT2D eigenvalue weighted by molar-refractivity contribution is 6.35. The lowest BCUT2D eigenvalue weighted by molar-refractivity contribution is -0.148. The lowest BCUT2D eigenvalue weighted by atomic mass is 9.77. The smallest absolute Gasteiger partial charge is 0.323 e. The normalized spacial score (nSPS) is 16.7. The van der Waals surface area contributed by atoms with E-state index in [-0.39, 0.29) is 0 Å². The van der Waals surface area contributed by atoms with E-state index in [1.807, 2.05) is 0 Å². The number of carboxylic acid groups (broad SMARTS) is 1. The third-order valence-electron chi connectivity index (χ3n) is 3.33. The topological polar surface area (TPSA) is 58.6 Å². The van der Waals surface area contributed by atoms with Gasteiger partial charge >= 0.3 is 5.97 Å². The minimum Gasteiger partial charge on any atom is -0.491 e. The minimum atomic E-state index is -0.789. The largest absolute Gasteiger partial charge is 0.491 e. The van der Waals surface area contributed by atoms with Gasteiger partial charge in [0.2, 0.25) is 0 Å². The monoisotopic (exact) mass is 303 g/mol. The van der Waals surface area contributed by atoms with E-state index in [1.165, 1.54) is 0 Å². The summed E-state index contributed by atoms with van der Waals surface area (Å²) in [5, 5.41) is 13.2. The number of carboxylic acids is 1. The highest BCUT2D eigenvalue weighted by Gasteiger charge is 2.43. The van der Waals surface area contributed by atoms with Gasteiger partial charge in [-0.05, 0) is 37.5 Å². The van der Waals surface area contributed by atoms with Crippen molar-refractivity contribution in [2.24, 2.45) is 0 Å². The van der Waals surface area contributed by atoms with Crippen LogP contribution in [-0.2, 0) is 4.79 Å². The minimum absolute atomic E-state index is 0.358. The van der Waals surface area contributed by atoms with Crippen molar-refractivity contribution in [3.63, 3.8) is 0 Å². The summed E-state index contributed by atoms with van der Waals surface area (Å²) in [6.45, 7) is 0.821. The summed E-state index contributed by atoms with van der Waals surface area (Å²) in [6, 6.07) is 5.00. The molecular formula is C13H15Cl2NO3. The Morgan fingerprint density at radius 1 is 1.42 bits per heavy atom. The molecule has 4 nitrogen and oxygen atoms in total. The maximum Gasteiger partial charge on any atom is 0.323 e. The molecular weight excluding hydrogens is 289 g/mol. The van der Waals surface area contributed by atoms with E-state index in [0.29, 0.717) is 41.8 Å². The van der Waals surface area contributed by atoms with Gasteiger partial charge in [0.15, 0.2) is 0 Å². The number of benzene rings is 1. The van der Waals surface area contributed by atoms with Crippen LogP contribution < -0.4 is 10.1 Å². The second-order valence-corrected chi connectivity index (χ2v) is 5.43. The summed E-state index contributed by atoms with van der Waals surface area (Å²) in [5.41, 5.74) is -0.757. The zero-order valence-electron chi connectivity index (χ0n) is 10.3. The van der Waals surface area contributed by atoms with Crippen molar-refractivity contribution < 1.29 is 14.6 Å². The van der Waals surface area contributed by atoms with Gasteiger partial charge in [0.1, 0.15) is 17.9 Å². The number of hydrogen-bond acceptors (Lipinski definition) is 3. The highest BCUT2D eigenvalue weighted by atomic mass is 35.5. The van der Waals surface area contributed by atoms with E-state index < -0.39 is 11.5 Å². The van der Waals surface area contributed by atoms with E-state index in [4.69, 9.17) is 33.0 Å². The molecule has 0 unspecified atom stereocenters. The zero-order chi connectivity index (χ0) is 13.9. The Morgan fingerprint density at radius 3 is 2.68 bits per heavy atom. The molecule has 1 aromatic carbocycles. The third-order valence-corrected chi connectivity index (χ3v) is 3.86. The van der Waals surface area contributed by atoms with Crippen molar-refractivity contribution >= 4 is 29.2 Å². The summed E-state index contributed by atoms with van der Waals surface area (Å²) < 4.78 is 5.49. The fraction of sp³-hybridized carbons (Fsp3) is 0.462. The van der Waals surface area contributed by atoms with Crippen LogP contribution in [0, 0.1) is 0 Å². The SMILES string of the molecule is O=C(O)C1(NCCOc2ccc(Cl)cc2Cl)CCC1. The quantitative estimate of drug-likeness (QED) is 0.793. The molecule has 1 fully saturated rings. The van der Waals surface area contributed by atoms with Gasteiger partial charge in [-0.3, -0.25) is 10.1 Å². The van der Waals surface area contributed by atoms with E-state index in [0.717, 1.165) is 6.42 Å². The Labute approximate surface area is 121 Å². The second-order valence-electron chi connectivity index (χ2n) is 4.59. The van der Waals surface area contributed by atoms with Crippen LogP contribution in [0.3, 0.4) is 0 Å². The summed E-state index contributed by atoms with van der Waals surface area (Å²) >= 11 is 11.7. The molecule has 0 heterocycles. The molecule has 1 aliphatic rings. The Hall–Kier alpha value is -0.970. The number of hydrogen-bond donors (Lipinski definition) is 2. The number of rotatable bonds is 6. The first-order valence-corrected chi connectivity index (χ1v) is 6.85. The van der Waals surface area contributed by atoms with Gasteiger partial charge in [0, 0.05) is 11.6 Å². The van der Waals surface area contributed by atoms with E-state index >= 15 is 0 Å². The van der Waals surface area contributed by atoms with Crippen LogP contribution in [0.1, 0.15) is 19.3 Å². The second kappa shape index (κ2) is 5.99. The molecule has 0 amide bonds. The molecule has 1 aromatic rings. The lowest BCUT2D eigenvalue weighted by Crippen LogP contribution is -2.57. The zero-order valence-corrected chi connectivity index (χ0v) is 11.8. The van der Waals surface area contributed by atoms with Crippen molar-refractivity contribution in [2.45, 2.75) is 24.8 Å². The molecule has 104 valence electrons. The van der Waals surface area contributed by atoms with Crippen LogP contribution >= 0.6 is 23.2 Å². The van der Waals surface area contributed by atoms with Crippen LogP contribution in [0.4, 0.5) is 0 Å². The molecule has 1 saturated carbocycles. The standard InChI is InChI=1S/C13H15Cl2NO3/c14-9-2-3-11(10(15)8-9)19-7-6-16-13(12(17)18)4-1-5-13/h2-3,8,16H,1,4-7H2,(H,17,18). The Balaban J connectivity index is 1.79. The average molecular weight is 304 g/mol. The highest BCUT2D eigenvalue weighted by Crippen LogP contribution is 2.32. The first-order valence-electron chi connectivity index (χ1n) is 6.10. The molecule has 0 spiro atoms. The van der Waals surface area contributed by atoms with Crippen LogP contribution in [0.2, 0.25) is 10.0 Å². The Kier molecular flexibility index (Phi) is 4.55. The van der Waals surface area contributed by atoms with Crippen molar-refractivity contribution in [3.8, 4) is 5.75 Å². The van der Waals surface area contributed by atoms with Crippen LogP contribution in [0.25, 0.3) is 0 Å². The molecule has 0 saturated heterocycles. The Morgan fingerprint density at radius 2 is 2.16 bits per heavy atom.